The Morgan fingerprint density at radius 1 is 1.32 bits per heavy atom. The lowest BCUT2D eigenvalue weighted by Gasteiger charge is -2.21. The van der Waals surface area contributed by atoms with Gasteiger partial charge in [0.15, 0.2) is 5.96 Å². The lowest BCUT2D eigenvalue weighted by molar-refractivity contribution is 0.391. The summed E-state index contributed by atoms with van der Waals surface area (Å²) in [6, 6.07) is 5.80. The van der Waals surface area contributed by atoms with Crippen LogP contribution in [0.4, 0.5) is 0 Å². The monoisotopic (exact) mass is 339 g/mol. The zero-order valence-electron chi connectivity index (χ0n) is 14.5. The van der Waals surface area contributed by atoms with Crippen LogP contribution in [0.25, 0.3) is 5.82 Å². The van der Waals surface area contributed by atoms with Crippen molar-refractivity contribution in [3.05, 3.63) is 60.1 Å². The molecule has 25 heavy (non-hydrogen) atoms. The number of pyridine rings is 1. The minimum atomic E-state index is 0.594. The van der Waals surface area contributed by atoms with Gasteiger partial charge in [-0.25, -0.2) is 9.97 Å². The minimum Gasteiger partial charge on any atom is -0.364 e. The van der Waals surface area contributed by atoms with Gasteiger partial charge in [0.05, 0.1) is 6.54 Å². The maximum Gasteiger partial charge on any atom is 0.194 e. The summed E-state index contributed by atoms with van der Waals surface area (Å²) in [5.74, 6) is 2.52. The molecule has 3 aromatic rings. The Balaban J connectivity index is 1.71. The Bertz CT molecular complexity index is 838. The molecule has 0 fully saturated rings. The molecule has 3 rings (SSSR count). The number of imidazole rings is 1. The molecule has 3 heterocycles. The molecule has 8 heteroatoms. The summed E-state index contributed by atoms with van der Waals surface area (Å²) in [7, 11) is 3.71. The SMILES string of the molecule is CN=C(NCc1cccnc1-n1ccnc1C)N(C)Cc1ccon1. The van der Waals surface area contributed by atoms with Crippen LogP contribution in [-0.2, 0) is 13.1 Å². The Labute approximate surface area is 146 Å². The molecule has 0 radical (unpaired) electrons. The van der Waals surface area contributed by atoms with E-state index in [1.54, 1.807) is 25.7 Å². The quantitative estimate of drug-likeness (QED) is 0.563. The van der Waals surface area contributed by atoms with Crippen molar-refractivity contribution in [3.8, 4) is 5.82 Å². The second kappa shape index (κ2) is 7.61. The van der Waals surface area contributed by atoms with Gasteiger partial charge in [0, 0.05) is 50.9 Å². The Morgan fingerprint density at radius 3 is 2.88 bits per heavy atom. The first-order valence-corrected chi connectivity index (χ1v) is 7.94. The molecule has 0 aliphatic rings. The van der Waals surface area contributed by atoms with Gasteiger partial charge in [-0.2, -0.15) is 0 Å². The maximum absolute atomic E-state index is 4.87. The summed E-state index contributed by atoms with van der Waals surface area (Å²) in [6.07, 6.45) is 7.02. The van der Waals surface area contributed by atoms with Crippen molar-refractivity contribution >= 4 is 5.96 Å². The lowest BCUT2D eigenvalue weighted by atomic mass is 10.2. The number of rotatable bonds is 5. The van der Waals surface area contributed by atoms with E-state index in [0.29, 0.717) is 13.1 Å². The Hall–Kier alpha value is -3.16. The molecule has 8 nitrogen and oxygen atoms in total. The van der Waals surface area contributed by atoms with Gasteiger partial charge >= 0.3 is 0 Å². The van der Waals surface area contributed by atoms with Crippen molar-refractivity contribution in [2.45, 2.75) is 20.0 Å². The van der Waals surface area contributed by atoms with E-state index in [1.165, 1.54) is 0 Å². The number of guanidine groups is 1. The summed E-state index contributed by atoms with van der Waals surface area (Å²) in [5.41, 5.74) is 1.90. The third kappa shape index (κ3) is 3.85. The van der Waals surface area contributed by atoms with Crippen molar-refractivity contribution < 1.29 is 4.52 Å². The molecule has 0 unspecified atom stereocenters. The predicted octanol–water partition coefficient (Wildman–Crippen LogP) is 1.77. The fraction of sp³-hybridized carbons (Fsp3) is 0.294. The third-order valence-corrected chi connectivity index (χ3v) is 3.82. The molecular formula is C17H21N7O. The number of aromatic nitrogens is 4. The van der Waals surface area contributed by atoms with Crippen LogP contribution in [0, 0.1) is 6.92 Å². The van der Waals surface area contributed by atoms with E-state index in [0.717, 1.165) is 28.9 Å². The minimum absolute atomic E-state index is 0.594. The van der Waals surface area contributed by atoms with Crippen LogP contribution in [0.1, 0.15) is 17.1 Å². The number of aryl methyl sites for hydroxylation is 1. The second-order valence-electron chi connectivity index (χ2n) is 5.58. The van der Waals surface area contributed by atoms with Gasteiger partial charge in [-0.15, -0.1) is 0 Å². The Morgan fingerprint density at radius 2 is 2.20 bits per heavy atom. The molecule has 0 aliphatic heterocycles. The normalized spacial score (nSPS) is 11.6. The molecule has 0 spiro atoms. The number of hydrogen-bond acceptors (Lipinski definition) is 5. The highest BCUT2D eigenvalue weighted by Crippen LogP contribution is 2.13. The van der Waals surface area contributed by atoms with Crippen LogP contribution in [0.15, 0.2) is 52.6 Å². The highest BCUT2D eigenvalue weighted by Gasteiger charge is 2.11. The molecule has 0 saturated carbocycles. The Kier molecular flexibility index (Phi) is 5.08. The molecule has 0 saturated heterocycles. The van der Waals surface area contributed by atoms with Gasteiger partial charge in [0.1, 0.15) is 23.6 Å². The molecular weight excluding hydrogens is 318 g/mol. The summed E-state index contributed by atoms with van der Waals surface area (Å²) in [4.78, 5) is 15.1. The van der Waals surface area contributed by atoms with Crippen molar-refractivity contribution in [2.75, 3.05) is 14.1 Å². The first-order chi connectivity index (χ1) is 12.2. The smallest absolute Gasteiger partial charge is 0.194 e. The largest absolute Gasteiger partial charge is 0.364 e. The van der Waals surface area contributed by atoms with E-state index < -0.39 is 0 Å². The fourth-order valence-corrected chi connectivity index (χ4v) is 2.58. The second-order valence-corrected chi connectivity index (χ2v) is 5.58. The van der Waals surface area contributed by atoms with Crippen molar-refractivity contribution in [1.29, 1.82) is 0 Å². The highest BCUT2D eigenvalue weighted by atomic mass is 16.5. The van der Waals surface area contributed by atoms with Crippen LogP contribution in [-0.4, -0.2) is 44.6 Å². The standard InChI is InChI=1S/C17H21N7O/c1-13-19-8-9-24(13)16-14(5-4-7-20-16)11-21-17(18-2)23(3)12-15-6-10-25-22-15/h4-10H,11-12H2,1-3H3,(H,18,21). The highest BCUT2D eigenvalue weighted by molar-refractivity contribution is 5.79. The molecule has 130 valence electrons. The first-order valence-electron chi connectivity index (χ1n) is 7.94. The topological polar surface area (TPSA) is 84.4 Å². The van der Waals surface area contributed by atoms with Gasteiger partial charge in [-0.1, -0.05) is 11.2 Å². The number of hydrogen-bond donors (Lipinski definition) is 1. The van der Waals surface area contributed by atoms with Gasteiger partial charge in [-0.3, -0.25) is 9.56 Å². The molecule has 0 aliphatic carbocycles. The number of nitrogens with zero attached hydrogens (tertiary/aromatic N) is 6. The number of nitrogens with one attached hydrogen (secondary N) is 1. The third-order valence-electron chi connectivity index (χ3n) is 3.82. The summed E-state index contributed by atoms with van der Waals surface area (Å²) in [6.45, 7) is 3.16. The van der Waals surface area contributed by atoms with Crippen LogP contribution >= 0.6 is 0 Å². The van der Waals surface area contributed by atoms with Crippen LogP contribution in [0.3, 0.4) is 0 Å². The summed E-state index contributed by atoms with van der Waals surface area (Å²) in [5, 5.41) is 7.29. The van der Waals surface area contributed by atoms with E-state index in [2.05, 4.69) is 25.4 Å². The van der Waals surface area contributed by atoms with Gasteiger partial charge in [-0.05, 0) is 13.0 Å². The molecule has 1 N–H and O–H groups in total. The summed E-state index contributed by atoms with van der Waals surface area (Å²) < 4.78 is 6.84. The average molecular weight is 339 g/mol. The molecule has 0 amide bonds. The molecule has 0 bridgehead atoms. The van der Waals surface area contributed by atoms with Gasteiger partial charge in [0.25, 0.3) is 0 Å². The van der Waals surface area contributed by atoms with Crippen LogP contribution in [0.2, 0.25) is 0 Å². The molecule has 3 aromatic heterocycles. The predicted molar refractivity (Wildman–Crippen MR) is 94.3 cm³/mol. The zero-order valence-corrected chi connectivity index (χ0v) is 14.5. The molecule has 0 aromatic carbocycles. The average Bonchev–Trinajstić information content (AvgIpc) is 3.27. The van der Waals surface area contributed by atoms with Crippen molar-refractivity contribution in [2.24, 2.45) is 4.99 Å². The van der Waals surface area contributed by atoms with E-state index in [4.69, 9.17) is 4.52 Å². The maximum atomic E-state index is 4.87. The lowest BCUT2D eigenvalue weighted by Crippen LogP contribution is -2.38. The zero-order chi connectivity index (χ0) is 17.6. The van der Waals surface area contributed by atoms with Gasteiger partial charge < -0.3 is 14.7 Å². The fourth-order valence-electron chi connectivity index (χ4n) is 2.58. The van der Waals surface area contributed by atoms with Gasteiger partial charge in [0.2, 0.25) is 0 Å². The van der Waals surface area contributed by atoms with E-state index in [1.807, 2.05) is 47.8 Å². The van der Waals surface area contributed by atoms with Crippen LogP contribution in [0.5, 0.6) is 0 Å². The van der Waals surface area contributed by atoms with E-state index in [-0.39, 0.29) is 0 Å². The van der Waals surface area contributed by atoms with Crippen molar-refractivity contribution in [1.82, 2.24) is 29.9 Å². The number of aliphatic imine (C=N–C) groups is 1. The van der Waals surface area contributed by atoms with E-state index in [9.17, 15) is 0 Å². The van der Waals surface area contributed by atoms with E-state index >= 15 is 0 Å². The van der Waals surface area contributed by atoms with Crippen molar-refractivity contribution in [3.63, 3.8) is 0 Å². The van der Waals surface area contributed by atoms with Crippen LogP contribution < -0.4 is 5.32 Å². The molecule has 0 atom stereocenters. The first kappa shape index (κ1) is 16.7. The summed E-state index contributed by atoms with van der Waals surface area (Å²) >= 11 is 0.